The molecule has 0 saturated carbocycles. The Morgan fingerprint density at radius 2 is 1.46 bits per heavy atom. The van der Waals surface area contributed by atoms with Crippen LogP contribution in [0.5, 0.6) is 5.75 Å². The average Bonchev–Trinajstić information content (AvgIpc) is 3.50. The number of ether oxygens (including phenoxy) is 1. The number of carbonyl (C=O) groups excluding carboxylic acids is 4. The lowest BCUT2D eigenvalue weighted by atomic mass is 10.1. The second-order valence-electron chi connectivity index (χ2n) is 10.9. The molecule has 0 radical (unpaired) electrons. The van der Waals surface area contributed by atoms with Crippen molar-refractivity contribution in [2.45, 2.75) is 63.8 Å². The number of carbonyl (C=O) groups is 4. The smallest absolute Gasteiger partial charge is 0.255 e. The number of hydrogen-bond acceptors (Lipinski definition) is 9. The summed E-state index contributed by atoms with van der Waals surface area (Å²) in [5, 5.41) is 19.9. The molecule has 2 aromatic carbocycles. The largest absolute Gasteiger partial charge is 0.486 e. The molecular formula is C32H45N9O5. The van der Waals surface area contributed by atoms with Crippen molar-refractivity contribution >= 4 is 23.6 Å². The molecule has 1 heterocycles. The third-order valence-electron chi connectivity index (χ3n) is 7.42. The van der Waals surface area contributed by atoms with E-state index < -0.39 is 5.91 Å². The van der Waals surface area contributed by atoms with Crippen LogP contribution in [0.1, 0.15) is 70.5 Å². The summed E-state index contributed by atoms with van der Waals surface area (Å²) in [6, 6.07) is 13.5. The van der Waals surface area contributed by atoms with Crippen LogP contribution in [-0.4, -0.2) is 77.9 Å². The van der Waals surface area contributed by atoms with E-state index in [-0.39, 0.29) is 36.4 Å². The van der Waals surface area contributed by atoms with Crippen molar-refractivity contribution in [3.05, 3.63) is 77.1 Å². The summed E-state index contributed by atoms with van der Waals surface area (Å²) in [5.74, 6) is -0.784. The minimum Gasteiger partial charge on any atom is -0.486 e. The Labute approximate surface area is 269 Å². The fraction of sp³-hybridized carbons (Fsp3) is 0.438. The van der Waals surface area contributed by atoms with Crippen molar-refractivity contribution in [3.63, 3.8) is 0 Å². The van der Waals surface area contributed by atoms with E-state index >= 15 is 0 Å². The van der Waals surface area contributed by atoms with Crippen LogP contribution in [0.3, 0.4) is 0 Å². The summed E-state index contributed by atoms with van der Waals surface area (Å²) >= 11 is 0. The van der Waals surface area contributed by atoms with Crippen molar-refractivity contribution in [1.82, 2.24) is 36.3 Å². The van der Waals surface area contributed by atoms with Crippen molar-refractivity contribution < 1.29 is 23.9 Å². The van der Waals surface area contributed by atoms with Crippen LogP contribution in [0, 0.1) is 0 Å². The maximum Gasteiger partial charge on any atom is 0.255 e. The van der Waals surface area contributed by atoms with Gasteiger partial charge in [0, 0.05) is 18.7 Å². The molecular weight excluding hydrogens is 590 g/mol. The highest BCUT2D eigenvalue weighted by Gasteiger charge is 2.15. The Kier molecular flexibility index (Phi) is 14.6. The molecule has 0 aliphatic carbocycles. The molecule has 1 aromatic heterocycles. The van der Waals surface area contributed by atoms with Crippen molar-refractivity contribution in [2.75, 3.05) is 27.2 Å². The quantitative estimate of drug-likeness (QED) is 0.0916. The fourth-order valence-electron chi connectivity index (χ4n) is 4.82. The zero-order valence-electron chi connectivity index (χ0n) is 26.5. The van der Waals surface area contributed by atoms with E-state index in [1.54, 1.807) is 55.3 Å². The second kappa shape index (κ2) is 18.9. The first-order chi connectivity index (χ1) is 22.2. The van der Waals surface area contributed by atoms with Crippen LogP contribution in [-0.2, 0) is 22.7 Å². The Morgan fingerprint density at radius 1 is 0.826 bits per heavy atom. The molecule has 46 heavy (non-hydrogen) atoms. The van der Waals surface area contributed by atoms with Gasteiger partial charge in [0.2, 0.25) is 11.8 Å². The molecule has 0 fully saturated rings. The summed E-state index contributed by atoms with van der Waals surface area (Å²) in [6.45, 7) is 1.46. The Bertz CT molecular complexity index is 1440. The number of nitrogens with two attached hydrogens (primary N) is 2. The Hall–Kier alpha value is -4.82. The van der Waals surface area contributed by atoms with E-state index in [0.29, 0.717) is 61.5 Å². The van der Waals surface area contributed by atoms with Crippen molar-refractivity contribution in [2.24, 2.45) is 11.5 Å². The van der Waals surface area contributed by atoms with E-state index in [4.69, 9.17) is 16.2 Å². The molecule has 0 saturated heterocycles. The average molecular weight is 636 g/mol. The number of aromatic nitrogens is 3. The zero-order valence-corrected chi connectivity index (χ0v) is 26.5. The number of benzene rings is 2. The molecule has 2 atom stereocenters. The lowest BCUT2D eigenvalue weighted by Gasteiger charge is -2.13. The van der Waals surface area contributed by atoms with Gasteiger partial charge in [-0.1, -0.05) is 29.5 Å². The number of likely N-dealkylation sites (N-methyl/N-ethyl adjacent to an activating group) is 2. The van der Waals surface area contributed by atoms with Crippen LogP contribution in [0.15, 0.2) is 54.7 Å². The van der Waals surface area contributed by atoms with E-state index in [1.807, 2.05) is 18.2 Å². The summed E-state index contributed by atoms with van der Waals surface area (Å²) in [6.07, 6.45) is 5.89. The summed E-state index contributed by atoms with van der Waals surface area (Å²) in [7, 11) is 3.39. The molecule has 2 unspecified atom stereocenters. The molecule has 0 aliphatic heterocycles. The van der Waals surface area contributed by atoms with Gasteiger partial charge in [-0.25, -0.2) is 4.68 Å². The fourth-order valence-corrected chi connectivity index (χ4v) is 4.82. The lowest BCUT2D eigenvalue weighted by molar-refractivity contribution is -0.120. The number of primary amides is 2. The number of para-hydroxylation sites is 1. The first kappa shape index (κ1) is 35.7. The number of rotatable bonds is 21. The number of unbranched alkanes of at least 4 members (excludes halogenated alkanes) is 2. The van der Waals surface area contributed by atoms with Crippen LogP contribution in [0.2, 0.25) is 0 Å². The van der Waals surface area contributed by atoms with Gasteiger partial charge in [-0.05, 0) is 82.4 Å². The summed E-state index contributed by atoms with van der Waals surface area (Å²) in [4.78, 5) is 48.1. The zero-order chi connectivity index (χ0) is 33.3. The highest BCUT2D eigenvalue weighted by molar-refractivity contribution is 5.97. The molecule has 3 aromatic rings. The van der Waals surface area contributed by atoms with Gasteiger partial charge in [0.1, 0.15) is 18.1 Å². The standard InChI is InChI=1S/C32H45N9O5/c1-35-26(29(33)42)13-5-7-16-37-31(44)23-11-9-10-22(18-23)19-41-20-24(39-40-41)21-46-28-15-4-3-12-25(28)32(45)38-17-8-6-14-27(36-2)30(34)43/h3-4,9-12,15,18,20,26-27,35-36H,5-8,13-14,16-17,19,21H2,1-2H3,(H2,33,42)(H2,34,43)(H,37,44)(H,38,45). The SMILES string of the molecule is CNC(CCCCNC(=O)c1cccc(Cn2cc(COc3ccccc3C(=O)NCCCCC(NC)C(N)=O)nn2)c1)C(N)=O. The van der Waals surface area contributed by atoms with Gasteiger partial charge in [-0.15, -0.1) is 5.10 Å². The maximum atomic E-state index is 12.8. The molecule has 3 rings (SSSR count). The molecule has 8 N–H and O–H groups in total. The molecule has 0 aliphatic rings. The minimum absolute atomic E-state index is 0.111. The van der Waals surface area contributed by atoms with Gasteiger partial charge in [0.15, 0.2) is 0 Å². The van der Waals surface area contributed by atoms with E-state index in [1.165, 1.54) is 0 Å². The number of hydrogen-bond donors (Lipinski definition) is 6. The van der Waals surface area contributed by atoms with Gasteiger partial charge in [0.25, 0.3) is 11.8 Å². The normalized spacial score (nSPS) is 12.2. The topological polar surface area (TPSA) is 208 Å². The van der Waals surface area contributed by atoms with Crippen LogP contribution in [0.25, 0.3) is 0 Å². The predicted octanol–water partition coefficient (Wildman–Crippen LogP) is 0.852. The summed E-state index contributed by atoms with van der Waals surface area (Å²) < 4.78 is 7.58. The first-order valence-corrected chi connectivity index (χ1v) is 15.4. The number of nitrogens with zero attached hydrogens (tertiary/aromatic N) is 3. The molecule has 14 nitrogen and oxygen atoms in total. The Balaban J connectivity index is 1.45. The molecule has 0 bridgehead atoms. The Morgan fingerprint density at radius 3 is 2.09 bits per heavy atom. The maximum absolute atomic E-state index is 12.8. The van der Waals surface area contributed by atoms with Gasteiger partial charge in [0.05, 0.1) is 30.4 Å². The van der Waals surface area contributed by atoms with Gasteiger partial charge >= 0.3 is 0 Å². The molecule has 0 spiro atoms. The molecule has 14 heteroatoms. The van der Waals surface area contributed by atoms with Crippen LogP contribution in [0.4, 0.5) is 0 Å². The molecule has 248 valence electrons. The highest BCUT2D eigenvalue weighted by Crippen LogP contribution is 2.19. The molecule has 4 amide bonds. The van der Waals surface area contributed by atoms with E-state index in [9.17, 15) is 19.2 Å². The second-order valence-corrected chi connectivity index (χ2v) is 10.9. The van der Waals surface area contributed by atoms with Gasteiger partial charge < -0.3 is 37.5 Å². The number of nitrogens with one attached hydrogen (secondary N) is 4. The third-order valence-corrected chi connectivity index (χ3v) is 7.42. The number of amides is 4. The van der Waals surface area contributed by atoms with E-state index in [0.717, 1.165) is 24.8 Å². The monoisotopic (exact) mass is 635 g/mol. The minimum atomic E-state index is -0.391. The lowest BCUT2D eigenvalue weighted by Crippen LogP contribution is -2.39. The van der Waals surface area contributed by atoms with Crippen LogP contribution >= 0.6 is 0 Å². The van der Waals surface area contributed by atoms with E-state index in [2.05, 4.69) is 31.6 Å². The van der Waals surface area contributed by atoms with Crippen LogP contribution < -0.4 is 37.5 Å². The van der Waals surface area contributed by atoms with Gasteiger partial charge in [-0.3, -0.25) is 19.2 Å². The first-order valence-electron chi connectivity index (χ1n) is 15.4. The van der Waals surface area contributed by atoms with Crippen molar-refractivity contribution in [1.29, 1.82) is 0 Å². The van der Waals surface area contributed by atoms with Crippen molar-refractivity contribution in [3.8, 4) is 5.75 Å². The predicted molar refractivity (Wildman–Crippen MR) is 173 cm³/mol. The third kappa shape index (κ3) is 11.6. The van der Waals surface area contributed by atoms with Gasteiger partial charge in [-0.2, -0.15) is 0 Å². The highest BCUT2D eigenvalue weighted by atomic mass is 16.5. The summed E-state index contributed by atoms with van der Waals surface area (Å²) in [5.41, 5.74) is 13.1.